The average Bonchev–Trinajstić information content (AvgIpc) is 2.99. The van der Waals surface area contributed by atoms with E-state index >= 15 is 0 Å². The van der Waals surface area contributed by atoms with Crippen LogP contribution in [0.2, 0.25) is 0 Å². The van der Waals surface area contributed by atoms with Gasteiger partial charge in [-0.05, 0) is 18.6 Å². The predicted octanol–water partition coefficient (Wildman–Crippen LogP) is 2.32. The molecule has 0 heterocycles. The highest BCUT2D eigenvalue weighted by atomic mass is 16.6. The van der Waals surface area contributed by atoms with Crippen LogP contribution in [0.25, 0.3) is 0 Å². The highest BCUT2D eigenvalue weighted by molar-refractivity contribution is 5.89. The standard InChI is InChI=1S/C29H48O12/c1-2-6-28(30)40-25-23-38-21-19-36-17-15-34-13-11-32-9-10-33-12-14-35-16-18-37-20-22-39-24-26-41-29(31)27-7-4-3-5-8-27/h3-5,7-8H,2,6,9-26H2,1H3. The summed E-state index contributed by atoms with van der Waals surface area (Å²) in [5.41, 5.74) is 0.523. The molecule has 0 aliphatic carbocycles. The third kappa shape index (κ3) is 25.3. The number of rotatable bonds is 30. The quantitative estimate of drug-likeness (QED) is 0.0967. The Bertz CT molecular complexity index is 719. The zero-order valence-electron chi connectivity index (χ0n) is 24.4. The van der Waals surface area contributed by atoms with Crippen molar-refractivity contribution in [3.8, 4) is 0 Å². The zero-order valence-corrected chi connectivity index (χ0v) is 24.4. The number of carbonyl (C=O) groups is 2. The van der Waals surface area contributed by atoms with Crippen molar-refractivity contribution in [2.45, 2.75) is 19.8 Å². The molecule has 0 atom stereocenters. The Morgan fingerprint density at radius 1 is 0.463 bits per heavy atom. The average molecular weight is 589 g/mol. The smallest absolute Gasteiger partial charge is 0.338 e. The van der Waals surface area contributed by atoms with Gasteiger partial charge in [-0.25, -0.2) is 4.79 Å². The monoisotopic (exact) mass is 588 g/mol. The molecule has 0 aliphatic heterocycles. The van der Waals surface area contributed by atoms with Crippen LogP contribution >= 0.6 is 0 Å². The molecule has 0 spiro atoms. The van der Waals surface area contributed by atoms with Crippen molar-refractivity contribution in [2.75, 3.05) is 119 Å². The van der Waals surface area contributed by atoms with E-state index in [1.54, 1.807) is 24.3 Å². The Labute approximate surface area is 243 Å². The second kappa shape index (κ2) is 29.3. The van der Waals surface area contributed by atoms with Gasteiger partial charge in [-0.15, -0.1) is 0 Å². The van der Waals surface area contributed by atoms with E-state index in [0.717, 1.165) is 6.42 Å². The molecule has 0 saturated heterocycles. The summed E-state index contributed by atoms with van der Waals surface area (Å²) in [6, 6.07) is 8.84. The van der Waals surface area contributed by atoms with Crippen LogP contribution in [-0.4, -0.2) is 131 Å². The zero-order chi connectivity index (χ0) is 29.5. The summed E-state index contributed by atoms with van der Waals surface area (Å²) in [7, 11) is 0. The lowest BCUT2D eigenvalue weighted by atomic mass is 10.2. The van der Waals surface area contributed by atoms with Gasteiger partial charge in [-0.1, -0.05) is 25.1 Å². The number of hydrogen-bond donors (Lipinski definition) is 0. The van der Waals surface area contributed by atoms with Gasteiger partial charge in [0.15, 0.2) is 0 Å². The summed E-state index contributed by atoms with van der Waals surface area (Å²) in [6.07, 6.45) is 1.22. The summed E-state index contributed by atoms with van der Waals surface area (Å²) in [4.78, 5) is 22.9. The summed E-state index contributed by atoms with van der Waals surface area (Å²) in [5.74, 6) is -0.550. The maximum atomic E-state index is 11.8. The minimum Gasteiger partial charge on any atom is -0.463 e. The maximum Gasteiger partial charge on any atom is 0.338 e. The normalized spacial score (nSPS) is 11.0. The third-order valence-electron chi connectivity index (χ3n) is 5.02. The van der Waals surface area contributed by atoms with E-state index in [9.17, 15) is 9.59 Å². The van der Waals surface area contributed by atoms with E-state index in [-0.39, 0.29) is 25.2 Å². The first-order valence-electron chi connectivity index (χ1n) is 14.2. The lowest BCUT2D eigenvalue weighted by Gasteiger charge is -2.09. The van der Waals surface area contributed by atoms with E-state index in [0.29, 0.717) is 118 Å². The topological polar surface area (TPSA) is 126 Å². The van der Waals surface area contributed by atoms with Crippen LogP contribution < -0.4 is 0 Å². The molecule has 0 amide bonds. The number of esters is 2. The SMILES string of the molecule is CCCC(=O)OCCOCCOCCOCCOCCOCCOCCOCCOCCOC(=O)c1ccccc1. The van der Waals surface area contributed by atoms with E-state index in [1.807, 2.05) is 13.0 Å². The largest absolute Gasteiger partial charge is 0.463 e. The highest BCUT2D eigenvalue weighted by Crippen LogP contribution is 2.00. The van der Waals surface area contributed by atoms with Crippen LogP contribution in [0.15, 0.2) is 30.3 Å². The Hall–Kier alpha value is -2.16. The molecule has 0 N–H and O–H groups in total. The minimum absolute atomic E-state index is 0.192. The fourth-order valence-electron chi connectivity index (χ4n) is 2.98. The predicted molar refractivity (Wildman–Crippen MR) is 149 cm³/mol. The first-order chi connectivity index (χ1) is 20.2. The lowest BCUT2D eigenvalue weighted by molar-refractivity contribution is -0.145. The lowest BCUT2D eigenvalue weighted by Crippen LogP contribution is -2.15. The number of ether oxygens (including phenoxy) is 10. The molecule has 1 rings (SSSR count). The van der Waals surface area contributed by atoms with Gasteiger partial charge in [0.05, 0.1) is 111 Å². The summed E-state index contributed by atoms with van der Waals surface area (Å²) in [5, 5.41) is 0. The molecule has 0 aliphatic rings. The van der Waals surface area contributed by atoms with Crippen molar-refractivity contribution in [2.24, 2.45) is 0 Å². The van der Waals surface area contributed by atoms with Gasteiger partial charge in [0, 0.05) is 6.42 Å². The highest BCUT2D eigenvalue weighted by Gasteiger charge is 2.05. The molecule has 1 aromatic rings. The molecule has 12 nitrogen and oxygen atoms in total. The van der Waals surface area contributed by atoms with Crippen LogP contribution in [0.1, 0.15) is 30.1 Å². The summed E-state index contributed by atoms with van der Waals surface area (Å²) >= 11 is 0. The van der Waals surface area contributed by atoms with Gasteiger partial charge in [0.25, 0.3) is 0 Å². The van der Waals surface area contributed by atoms with E-state index in [2.05, 4.69) is 0 Å². The molecule has 0 fully saturated rings. The Balaban J connectivity index is 1.66. The van der Waals surface area contributed by atoms with Gasteiger partial charge in [-0.2, -0.15) is 0 Å². The molecule has 236 valence electrons. The fraction of sp³-hybridized carbons (Fsp3) is 0.724. The first-order valence-corrected chi connectivity index (χ1v) is 14.2. The second-order valence-corrected chi connectivity index (χ2v) is 8.37. The van der Waals surface area contributed by atoms with Crippen LogP contribution in [0.3, 0.4) is 0 Å². The van der Waals surface area contributed by atoms with Crippen LogP contribution in [0.4, 0.5) is 0 Å². The minimum atomic E-state index is -0.358. The Morgan fingerprint density at radius 3 is 1.12 bits per heavy atom. The molecule has 1 aromatic carbocycles. The first kappa shape index (κ1) is 36.9. The second-order valence-electron chi connectivity index (χ2n) is 8.37. The van der Waals surface area contributed by atoms with E-state index in [4.69, 9.17) is 47.4 Å². The van der Waals surface area contributed by atoms with Crippen molar-refractivity contribution < 1.29 is 57.0 Å². The Kier molecular flexibility index (Phi) is 26.4. The van der Waals surface area contributed by atoms with Gasteiger partial charge in [-0.3, -0.25) is 4.79 Å². The van der Waals surface area contributed by atoms with Crippen LogP contribution in [0.5, 0.6) is 0 Å². The maximum absolute atomic E-state index is 11.8. The van der Waals surface area contributed by atoms with Crippen molar-refractivity contribution >= 4 is 11.9 Å². The molecule has 0 aromatic heterocycles. The molecule has 0 saturated carbocycles. The number of benzene rings is 1. The van der Waals surface area contributed by atoms with Crippen molar-refractivity contribution in [3.05, 3.63) is 35.9 Å². The van der Waals surface area contributed by atoms with Gasteiger partial charge < -0.3 is 47.4 Å². The third-order valence-corrected chi connectivity index (χ3v) is 5.02. The molecule has 41 heavy (non-hydrogen) atoms. The van der Waals surface area contributed by atoms with Crippen molar-refractivity contribution in [1.82, 2.24) is 0 Å². The molecular weight excluding hydrogens is 540 g/mol. The fourth-order valence-corrected chi connectivity index (χ4v) is 2.98. The van der Waals surface area contributed by atoms with Crippen molar-refractivity contribution in [3.63, 3.8) is 0 Å². The van der Waals surface area contributed by atoms with Gasteiger partial charge in [0.2, 0.25) is 0 Å². The molecule has 12 heteroatoms. The Morgan fingerprint density at radius 2 is 0.780 bits per heavy atom. The van der Waals surface area contributed by atoms with E-state index < -0.39 is 0 Å². The summed E-state index contributed by atoms with van der Waals surface area (Å²) < 4.78 is 53.4. The number of hydrogen-bond acceptors (Lipinski definition) is 12. The molecule has 0 radical (unpaired) electrons. The van der Waals surface area contributed by atoms with E-state index in [1.165, 1.54) is 0 Å². The van der Waals surface area contributed by atoms with Crippen LogP contribution in [-0.2, 0) is 52.2 Å². The van der Waals surface area contributed by atoms with Gasteiger partial charge >= 0.3 is 11.9 Å². The summed E-state index contributed by atoms with van der Waals surface area (Å²) in [6.45, 7) is 9.66. The van der Waals surface area contributed by atoms with Gasteiger partial charge in [0.1, 0.15) is 13.2 Å². The van der Waals surface area contributed by atoms with Crippen LogP contribution in [0, 0.1) is 0 Å². The number of carbonyl (C=O) groups excluding carboxylic acids is 2. The van der Waals surface area contributed by atoms with Crippen molar-refractivity contribution in [1.29, 1.82) is 0 Å². The molecular formula is C29H48O12. The molecule has 0 unspecified atom stereocenters. The molecule has 0 bridgehead atoms.